The predicted molar refractivity (Wildman–Crippen MR) is 52.2 cm³/mol. The lowest BCUT2D eigenvalue weighted by Gasteiger charge is -2.05. The molecule has 0 aliphatic rings. The fourth-order valence-corrected chi connectivity index (χ4v) is 1.25. The van der Waals surface area contributed by atoms with Crippen LogP contribution >= 0.6 is 0 Å². The lowest BCUT2D eigenvalue weighted by molar-refractivity contribution is 0.101. The zero-order valence-electron chi connectivity index (χ0n) is 8.16. The number of phenols is 1. The topological polar surface area (TPSA) is 61.1 Å². The molecule has 1 N–H and O–H groups in total. The van der Waals surface area contributed by atoms with Gasteiger partial charge < -0.3 is 5.11 Å². The SMILES string of the molecule is CCc1cc(C#N)c(O)c(C(C)=O)c1. The molecule has 0 saturated heterocycles. The molecule has 0 spiro atoms. The number of carbonyl (C=O) groups excluding carboxylic acids is 1. The monoisotopic (exact) mass is 189 g/mol. The fourth-order valence-electron chi connectivity index (χ4n) is 1.25. The maximum atomic E-state index is 11.1. The number of hydrogen-bond donors (Lipinski definition) is 1. The minimum Gasteiger partial charge on any atom is -0.506 e. The third-order valence-electron chi connectivity index (χ3n) is 2.08. The van der Waals surface area contributed by atoms with Crippen LogP contribution in [0.4, 0.5) is 0 Å². The summed E-state index contributed by atoms with van der Waals surface area (Å²) in [5, 5.41) is 18.3. The molecule has 1 rings (SSSR count). The first-order chi connectivity index (χ1) is 6.60. The average Bonchev–Trinajstić information content (AvgIpc) is 2.17. The quantitative estimate of drug-likeness (QED) is 0.724. The van der Waals surface area contributed by atoms with E-state index in [0.717, 1.165) is 12.0 Å². The van der Waals surface area contributed by atoms with Crippen molar-refractivity contribution >= 4 is 5.78 Å². The van der Waals surface area contributed by atoms with E-state index in [-0.39, 0.29) is 22.7 Å². The highest BCUT2D eigenvalue weighted by molar-refractivity contribution is 5.97. The number of nitriles is 1. The van der Waals surface area contributed by atoms with Crippen LogP contribution in [0.25, 0.3) is 0 Å². The summed E-state index contributed by atoms with van der Waals surface area (Å²) in [5.41, 5.74) is 1.26. The van der Waals surface area contributed by atoms with Crippen molar-refractivity contribution in [2.75, 3.05) is 0 Å². The molecule has 0 amide bonds. The van der Waals surface area contributed by atoms with Crippen LogP contribution < -0.4 is 0 Å². The smallest absolute Gasteiger partial charge is 0.163 e. The van der Waals surface area contributed by atoms with E-state index in [9.17, 15) is 9.90 Å². The van der Waals surface area contributed by atoms with Crippen molar-refractivity contribution in [3.05, 3.63) is 28.8 Å². The molecule has 0 atom stereocenters. The van der Waals surface area contributed by atoms with Gasteiger partial charge >= 0.3 is 0 Å². The zero-order chi connectivity index (χ0) is 10.7. The lowest BCUT2D eigenvalue weighted by Crippen LogP contribution is -1.97. The number of phenolic OH excluding ortho intramolecular Hbond substituents is 1. The summed E-state index contributed by atoms with van der Waals surface area (Å²) in [7, 11) is 0. The average molecular weight is 189 g/mol. The minimum absolute atomic E-state index is 0.162. The van der Waals surface area contributed by atoms with E-state index in [1.54, 1.807) is 12.1 Å². The summed E-state index contributed by atoms with van der Waals surface area (Å²) in [5.74, 6) is -0.438. The molecule has 1 aromatic rings. The van der Waals surface area contributed by atoms with Gasteiger partial charge in [-0.05, 0) is 31.0 Å². The molecule has 0 aliphatic carbocycles. The molecule has 0 fully saturated rings. The van der Waals surface area contributed by atoms with Gasteiger partial charge in [-0.15, -0.1) is 0 Å². The van der Waals surface area contributed by atoms with E-state index in [2.05, 4.69) is 0 Å². The first-order valence-corrected chi connectivity index (χ1v) is 4.37. The van der Waals surface area contributed by atoms with Crippen LogP contribution in [0.3, 0.4) is 0 Å². The summed E-state index contributed by atoms with van der Waals surface area (Å²) in [6.07, 6.45) is 0.731. The Hall–Kier alpha value is -1.82. The maximum Gasteiger partial charge on any atom is 0.163 e. The zero-order valence-corrected chi connectivity index (χ0v) is 8.16. The first kappa shape index (κ1) is 10.3. The largest absolute Gasteiger partial charge is 0.506 e. The minimum atomic E-state index is -0.227. The molecule has 14 heavy (non-hydrogen) atoms. The number of Topliss-reactive ketones (excluding diaryl/α,β-unsaturated/α-hetero) is 1. The van der Waals surface area contributed by atoms with Crippen molar-refractivity contribution in [2.45, 2.75) is 20.3 Å². The second-order valence-corrected chi connectivity index (χ2v) is 3.06. The van der Waals surface area contributed by atoms with Gasteiger partial charge in [-0.3, -0.25) is 4.79 Å². The maximum absolute atomic E-state index is 11.1. The summed E-state index contributed by atoms with van der Waals surface area (Å²) >= 11 is 0. The third kappa shape index (κ3) is 1.74. The van der Waals surface area contributed by atoms with Crippen LogP contribution in [0, 0.1) is 11.3 Å². The van der Waals surface area contributed by atoms with Gasteiger partial charge in [0.2, 0.25) is 0 Å². The molecule has 0 unspecified atom stereocenters. The molecule has 0 radical (unpaired) electrons. The van der Waals surface area contributed by atoms with E-state index < -0.39 is 0 Å². The second kappa shape index (κ2) is 3.93. The molecule has 1 aromatic carbocycles. The molecule has 0 saturated carbocycles. The van der Waals surface area contributed by atoms with E-state index >= 15 is 0 Å². The van der Waals surface area contributed by atoms with Crippen molar-refractivity contribution in [3.63, 3.8) is 0 Å². The van der Waals surface area contributed by atoms with Crippen LogP contribution in [-0.4, -0.2) is 10.9 Å². The van der Waals surface area contributed by atoms with Gasteiger partial charge in [-0.25, -0.2) is 0 Å². The third-order valence-corrected chi connectivity index (χ3v) is 2.08. The number of rotatable bonds is 2. The Morgan fingerprint density at radius 2 is 2.21 bits per heavy atom. The Morgan fingerprint density at radius 1 is 1.57 bits per heavy atom. The number of aromatic hydroxyl groups is 1. The standard InChI is InChI=1S/C11H11NO2/c1-3-8-4-9(6-12)11(14)10(5-8)7(2)13/h4-5,14H,3H2,1-2H3. The Bertz CT molecular complexity index is 416. The van der Waals surface area contributed by atoms with Crippen LogP contribution in [0.1, 0.15) is 35.3 Å². The van der Waals surface area contributed by atoms with Gasteiger partial charge in [0.15, 0.2) is 5.78 Å². The molecule has 0 aromatic heterocycles. The summed E-state index contributed by atoms with van der Waals surface area (Å²) in [4.78, 5) is 11.1. The Morgan fingerprint density at radius 3 is 2.64 bits per heavy atom. The molecule has 3 nitrogen and oxygen atoms in total. The highest BCUT2D eigenvalue weighted by Gasteiger charge is 2.12. The predicted octanol–water partition coefficient (Wildman–Crippen LogP) is 2.03. The number of nitrogens with zero attached hydrogens (tertiary/aromatic N) is 1. The first-order valence-electron chi connectivity index (χ1n) is 4.37. The van der Waals surface area contributed by atoms with Crippen LogP contribution in [0.15, 0.2) is 12.1 Å². The second-order valence-electron chi connectivity index (χ2n) is 3.06. The molecular formula is C11H11NO2. The molecule has 3 heteroatoms. The van der Waals surface area contributed by atoms with Crippen molar-refractivity contribution in [1.82, 2.24) is 0 Å². The van der Waals surface area contributed by atoms with Gasteiger partial charge in [0.1, 0.15) is 11.8 Å². The lowest BCUT2D eigenvalue weighted by atomic mass is 10.0. The van der Waals surface area contributed by atoms with E-state index in [4.69, 9.17) is 5.26 Å². The summed E-state index contributed by atoms with van der Waals surface area (Å²) < 4.78 is 0. The molecular weight excluding hydrogens is 178 g/mol. The van der Waals surface area contributed by atoms with Gasteiger partial charge in [-0.2, -0.15) is 5.26 Å². The Balaban J connectivity index is 3.44. The normalized spacial score (nSPS) is 9.50. The highest BCUT2D eigenvalue weighted by Crippen LogP contribution is 2.24. The Labute approximate surface area is 82.6 Å². The van der Waals surface area contributed by atoms with E-state index in [0.29, 0.717) is 0 Å². The number of carbonyl (C=O) groups is 1. The number of hydrogen-bond acceptors (Lipinski definition) is 3. The Kier molecular flexibility index (Phi) is 2.88. The van der Waals surface area contributed by atoms with Gasteiger partial charge in [0.25, 0.3) is 0 Å². The molecule has 0 bridgehead atoms. The van der Waals surface area contributed by atoms with Crippen molar-refractivity contribution in [2.24, 2.45) is 0 Å². The van der Waals surface area contributed by atoms with Crippen LogP contribution in [0.2, 0.25) is 0 Å². The molecule has 0 aliphatic heterocycles. The summed E-state index contributed by atoms with van der Waals surface area (Å²) in [6, 6.07) is 5.09. The number of ketones is 1. The number of benzene rings is 1. The number of aryl methyl sites for hydroxylation is 1. The molecule has 72 valence electrons. The van der Waals surface area contributed by atoms with Gasteiger partial charge in [-0.1, -0.05) is 6.92 Å². The van der Waals surface area contributed by atoms with E-state index in [1.165, 1.54) is 6.92 Å². The van der Waals surface area contributed by atoms with Crippen molar-refractivity contribution in [3.8, 4) is 11.8 Å². The summed E-state index contributed by atoms with van der Waals surface area (Å²) in [6.45, 7) is 3.30. The highest BCUT2D eigenvalue weighted by atomic mass is 16.3. The van der Waals surface area contributed by atoms with Crippen LogP contribution in [-0.2, 0) is 6.42 Å². The van der Waals surface area contributed by atoms with E-state index in [1.807, 2.05) is 13.0 Å². The van der Waals surface area contributed by atoms with Gasteiger partial charge in [0, 0.05) is 0 Å². The van der Waals surface area contributed by atoms with Crippen molar-refractivity contribution in [1.29, 1.82) is 5.26 Å². The molecule has 0 heterocycles. The van der Waals surface area contributed by atoms with Gasteiger partial charge in [0.05, 0.1) is 11.1 Å². The van der Waals surface area contributed by atoms with Crippen molar-refractivity contribution < 1.29 is 9.90 Å². The fraction of sp³-hybridized carbons (Fsp3) is 0.273. The van der Waals surface area contributed by atoms with Crippen LogP contribution in [0.5, 0.6) is 5.75 Å².